The molecule has 1 saturated heterocycles. The molecule has 1 aromatic carbocycles. The summed E-state index contributed by atoms with van der Waals surface area (Å²) in [6, 6.07) is 9.69. The van der Waals surface area contributed by atoms with Crippen LogP contribution in [-0.4, -0.2) is 56.0 Å². The number of methoxy groups -OCH3 is 1. The quantitative estimate of drug-likeness (QED) is 0.323. The third-order valence-electron chi connectivity index (χ3n) is 6.40. The van der Waals surface area contributed by atoms with E-state index in [4.69, 9.17) is 26.0 Å². The molecule has 0 bridgehead atoms. The van der Waals surface area contributed by atoms with Gasteiger partial charge in [0.25, 0.3) is 5.56 Å². The van der Waals surface area contributed by atoms with Crippen molar-refractivity contribution in [1.82, 2.24) is 29.8 Å². The van der Waals surface area contributed by atoms with Crippen LogP contribution in [0.5, 0.6) is 0 Å². The zero-order valence-electron chi connectivity index (χ0n) is 20.0. The number of rotatable bonds is 9. The highest BCUT2D eigenvalue weighted by molar-refractivity contribution is 6.30. The van der Waals surface area contributed by atoms with Gasteiger partial charge in [0.2, 0.25) is 5.89 Å². The van der Waals surface area contributed by atoms with E-state index in [2.05, 4.69) is 20.0 Å². The third kappa shape index (κ3) is 5.92. The molecule has 11 heteroatoms. The Kier molecular flexibility index (Phi) is 8.68. The van der Waals surface area contributed by atoms with Crippen molar-refractivity contribution < 1.29 is 9.26 Å². The van der Waals surface area contributed by atoms with Crippen LogP contribution in [0.4, 0.5) is 0 Å². The van der Waals surface area contributed by atoms with Crippen molar-refractivity contribution in [1.29, 1.82) is 0 Å². The van der Waals surface area contributed by atoms with Crippen LogP contribution in [0.3, 0.4) is 0 Å². The summed E-state index contributed by atoms with van der Waals surface area (Å²) in [7, 11) is 1.60. The van der Waals surface area contributed by atoms with Crippen LogP contribution < -0.4 is 5.56 Å². The van der Waals surface area contributed by atoms with Crippen LogP contribution in [0.15, 0.2) is 52.0 Å². The first kappa shape index (κ1) is 26.2. The summed E-state index contributed by atoms with van der Waals surface area (Å²) >= 11 is 6.05. The van der Waals surface area contributed by atoms with Crippen LogP contribution in [0.2, 0.25) is 5.02 Å². The standard InChI is InChI=1S/C25H27ClN6O3.ClH/c1-34-16-23-28-24(35-30-23)9-12-31-11-2-3-19(31)15-32-25(33)20-8-10-27-14-21(20)22(29-32)13-17-4-6-18(26)7-5-17;/h4-8,10,14,19H,2-3,9,11-13,15-16H2,1H3;1H/t19-;/m1./s1. The average Bonchev–Trinajstić information content (AvgIpc) is 3.51. The fraction of sp³-hybridized carbons (Fsp3) is 0.400. The maximum Gasteiger partial charge on any atom is 0.274 e. The van der Waals surface area contributed by atoms with Gasteiger partial charge in [0.05, 0.1) is 17.6 Å². The van der Waals surface area contributed by atoms with E-state index in [1.165, 1.54) is 0 Å². The second-order valence-corrected chi connectivity index (χ2v) is 9.21. The van der Waals surface area contributed by atoms with Gasteiger partial charge in [-0.15, -0.1) is 12.4 Å². The third-order valence-corrected chi connectivity index (χ3v) is 6.65. The van der Waals surface area contributed by atoms with Crippen LogP contribution in [-0.2, 0) is 30.7 Å². The van der Waals surface area contributed by atoms with Gasteiger partial charge in [0, 0.05) is 55.3 Å². The van der Waals surface area contributed by atoms with E-state index >= 15 is 0 Å². The highest BCUT2D eigenvalue weighted by Gasteiger charge is 2.26. The summed E-state index contributed by atoms with van der Waals surface area (Å²) < 4.78 is 12.0. The molecule has 4 heterocycles. The minimum atomic E-state index is -0.0878. The number of nitrogens with zero attached hydrogens (tertiary/aromatic N) is 6. The molecule has 1 fully saturated rings. The molecule has 5 rings (SSSR count). The first-order valence-corrected chi connectivity index (χ1v) is 12.1. The van der Waals surface area contributed by atoms with Gasteiger partial charge >= 0.3 is 0 Å². The number of benzene rings is 1. The fourth-order valence-corrected chi connectivity index (χ4v) is 4.79. The van der Waals surface area contributed by atoms with Crippen molar-refractivity contribution in [2.45, 2.75) is 44.9 Å². The number of likely N-dealkylation sites (tertiary alicyclic amines) is 1. The Morgan fingerprint density at radius 1 is 1.19 bits per heavy atom. The van der Waals surface area contributed by atoms with Crippen LogP contribution in [0.1, 0.15) is 35.8 Å². The predicted octanol–water partition coefficient (Wildman–Crippen LogP) is 3.69. The minimum absolute atomic E-state index is 0. The molecule has 0 radical (unpaired) electrons. The number of halogens is 2. The van der Waals surface area contributed by atoms with Crippen LogP contribution in [0, 0.1) is 0 Å². The van der Waals surface area contributed by atoms with Crippen molar-refractivity contribution in [3.63, 3.8) is 0 Å². The highest BCUT2D eigenvalue weighted by atomic mass is 35.5. The van der Waals surface area contributed by atoms with Crippen LogP contribution in [0.25, 0.3) is 10.8 Å². The fourth-order valence-electron chi connectivity index (χ4n) is 4.66. The van der Waals surface area contributed by atoms with Gasteiger partial charge in [-0.1, -0.05) is 28.9 Å². The van der Waals surface area contributed by atoms with E-state index < -0.39 is 0 Å². The molecule has 1 aliphatic rings. The Balaban J connectivity index is 0.00000304. The molecular weight excluding hydrogens is 503 g/mol. The summed E-state index contributed by atoms with van der Waals surface area (Å²) in [5, 5.41) is 10.9. The second kappa shape index (κ2) is 11.9. The number of aromatic nitrogens is 5. The lowest BCUT2D eigenvalue weighted by atomic mass is 10.1. The smallest absolute Gasteiger partial charge is 0.274 e. The zero-order valence-corrected chi connectivity index (χ0v) is 21.5. The molecule has 1 atom stereocenters. The Hall–Kier alpha value is -2.85. The maximum absolute atomic E-state index is 13.3. The van der Waals surface area contributed by atoms with E-state index in [-0.39, 0.29) is 24.0 Å². The van der Waals surface area contributed by atoms with Gasteiger partial charge in [-0.25, -0.2) is 4.68 Å². The monoisotopic (exact) mass is 530 g/mol. The van der Waals surface area contributed by atoms with Gasteiger partial charge < -0.3 is 9.26 Å². The van der Waals surface area contributed by atoms with E-state index in [1.807, 2.05) is 24.3 Å². The molecule has 0 unspecified atom stereocenters. The lowest BCUT2D eigenvalue weighted by Crippen LogP contribution is -2.38. The maximum atomic E-state index is 13.3. The van der Waals surface area contributed by atoms with E-state index in [1.54, 1.807) is 30.3 Å². The average molecular weight is 531 g/mol. The molecule has 1 aliphatic heterocycles. The van der Waals surface area contributed by atoms with Crippen molar-refractivity contribution in [2.75, 3.05) is 20.2 Å². The predicted molar refractivity (Wildman–Crippen MR) is 139 cm³/mol. The SMILES string of the molecule is COCc1noc(CCN2CCC[C@@H]2Cn2nc(Cc3ccc(Cl)cc3)c3cnccc3c2=O)n1.Cl. The molecule has 190 valence electrons. The van der Waals surface area contributed by atoms with E-state index in [0.717, 1.165) is 42.6 Å². The largest absolute Gasteiger partial charge is 0.377 e. The van der Waals surface area contributed by atoms with Crippen molar-refractivity contribution in [3.8, 4) is 0 Å². The van der Waals surface area contributed by atoms with Crippen molar-refractivity contribution >= 4 is 34.8 Å². The molecular formula is C25H28Cl2N6O3. The number of ether oxygens (including phenoxy) is 1. The van der Waals surface area contributed by atoms with Crippen LogP contribution >= 0.6 is 24.0 Å². The minimum Gasteiger partial charge on any atom is -0.377 e. The molecule has 9 nitrogen and oxygen atoms in total. The Labute approximate surface area is 219 Å². The second-order valence-electron chi connectivity index (χ2n) is 8.78. The first-order valence-electron chi connectivity index (χ1n) is 11.7. The molecule has 3 aromatic heterocycles. The van der Waals surface area contributed by atoms with Crippen molar-refractivity contribution in [2.24, 2.45) is 0 Å². The molecule has 0 N–H and O–H groups in total. The van der Waals surface area contributed by atoms with Gasteiger partial charge in [-0.2, -0.15) is 10.1 Å². The lowest BCUT2D eigenvalue weighted by molar-refractivity contribution is 0.174. The number of hydrogen-bond donors (Lipinski definition) is 0. The normalized spacial score (nSPS) is 15.9. The summed E-state index contributed by atoms with van der Waals surface area (Å²) in [6.07, 6.45) is 6.71. The number of fused-ring (bicyclic) bond motifs is 1. The molecule has 0 saturated carbocycles. The first-order chi connectivity index (χ1) is 17.1. The number of hydrogen-bond acceptors (Lipinski definition) is 8. The summed E-state index contributed by atoms with van der Waals surface area (Å²) in [4.78, 5) is 24.3. The Bertz CT molecular complexity index is 1360. The van der Waals surface area contributed by atoms with E-state index in [9.17, 15) is 4.79 Å². The topological polar surface area (TPSA) is 99.2 Å². The van der Waals surface area contributed by atoms with Gasteiger partial charge in [0.15, 0.2) is 5.82 Å². The van der Waals surface area contributed by atoms with Gasteiger partial charge in [-0.05, 0) is 43.1 Å². The summed E-state index contributed by atoms with van der Waals surface area (Å²) in [5.41, 5.74) is 1.82. The number of pyridine rings is 1. The molecule has 0 aliphatic carbocycles. The van der Waals surface area contributed by atoms with E-state index in [0.29, 0.717) is 48.1 Å². The van der Waals surface area contributed by atoms with Gasteiger partial charge in [0.1, 0.15) is 6.61 Å². The lowest BCUT2D eigenvalue weighted by Gasteiger charge is -2.24. The molecule has 4 aromatic rings. The van der Waals surface area contributed by atoms with Crippen molar-refractivity contribution in [3.05, 3.63) is 81.1 Å². The molecule has 0 spiro atoms. The molecule has 0 amide bonds. The van der Waals surface area contributed by atoms with Gasteiger partial charge in [-0.3, -0.25) is 14.7 Å². The zero-order chi connectivity index (χ0) is 24.2. The molecule has 36 heavy (non-hydrogen) atoms. The summed E-state index contributed by atoms with van der Waals surface area (Å²) in [5.74, 6) is 1.15. The highest BCUT2D eigenvalue weighted by Crippen LogP contribution is 2.21. The Morgan fingerprint density at radius 2 is 2.03 bits per heavy atom. The Morgan fingerprint density at radius 3 is 2.83 bits per heavy atom. The summed E-state index contributed by atoms with van der Waals surface area (Å²) in [6.45, 7) is 2.61.